The maximum Gasteiger partial charge on any atom is 0.262 e. The predicted molar refractivity (Wildman–Crippen MR) is 125 cm³/mol. The Bertz CT molecular complexity index is 1250. The first-order valence-corrected chi connectivity index (χ1v) is 11.2. The van der Waals surface area contributed by atoms with Crippen molar-refractivity contribution in [2.24, 2.45) is 0 Å². The normalized spacial score (nSPS) is 11.3. The Morgan fingerprint density at radius 3 is 1.97 bits per heavy atom. The molecular formula is C24H24FNO6S. The third-order valence-corrected chi connectivity index (χ3v) is 6.11. The maximum absolute atomic E-state index is 13.9. The molecule has 174 valence electrons. The van der Waals surface area contributed by atoms with Crippen LogP contribution in [0.4, 0.5) is 10.1 Å². The van der Waals surface area contributed by atoms with Gasteiger partial charge >= 0.3 is 0 Å². The molecule has 3 rings (SSSR count). The molecule has 0 spiro atoms. The molecule has 9 heteroatoms. The summed E-state index contributed by atoms with van der Waals surface area (Å²) in [5, 5.41) is 0. The molecule has 0 aliphatic carbocycles. The van der Waals surface area contributed by atoms with Crippen LogP contribution in [0.2, 0.25) is 0 Å². The van der Waals surface area contributed by atoms with Gasteiger partial charge in [0.25, 0.3) is 10.0 Å². The predicted octanol–water partition coefficient (Wildman–Crippen LogP) is 4.83. The van der Waals surface area contributed by atoms with E-state index in [9.17, 15) is 12.8 Å². The number of benzene rings is 3. The second kappa shape index (κ2) is 10.3. The first kappa shape index (κ1) is 23.9. The Kier molecular flexibility index (Phi) is 7.44. The van der Waals surface area contributed by atoms with E-state index in [-0.39, 0.29) is 10.6 Å². The summed E-state index contributed by atoms with van der Waals surface area (Å²) in [6, 6.07) is 13.8. The van der Waals surface area contributed by atoms with Crippen LogP contribution in [0.25, 0.3) is 12.2 Å². The molecule has 0 radical (unpaired) electrons. The van der Waals surface area contributed by atoms with Crippen molar-refractivity contribution in [2.45, 2.75) is 4.90 Å². The molecule has 1 N–H and O–H groups in total. The first-order valence-electron chi connectivity index (χ1n) is 9.75. The number of halogens is 1. The molecule has 0 fully saturated rings. The standard InChI is InChI=1S/C24H24FNO6S/c1-29-21-11-10-19(15-20(21)25)33(27,28)26-18-7-5-6-16(12-18)8-9-17-13-22(30-2)24(32-4)23(14-17)31-3/h5-15,26H,1-4H3/b9-8-. The fourth-order valence-corrected chi connectivity index (χ4v) is 4.19. The summed E-state index contributed by atoms with van der Waals surface area (Å²) in [6.45, 7) is 0. The van der Waals surface area contributed by atoms with E-state index < -0.39 is 15.8 Å². The van der Waals surface area contributed by atoms with Gasteiger partial charge in [-0.3, -0.25) is 4.72 Å². The van der Waals surface area contributed by atoms with Crippen molar-refractivity contribution in [3.8, 4) is 23.0 Å². The van der Waals surface area contributed by atoms with E-state index in [1.54, 1.807) is 30.3 Å². The Morgan fingerprint density at radius 2 is 1.39 bits per heavy atom. The molecule has 0 aliphatic rings. The van der Waals surface area contributed by atoms with Crippen LogP contribution >= 0.6 is 0 Å². The van der Waals surface area contributed by atoms with Gasteiger partial charge < -0.3 is 18.9 Å². The van der Waals surface area contributed by atoms with Gasteiger partial charge in [-0.25, -0.2) is 12.8 Å². The lowest BCUT2D eigenvalue weighted by Crippen LogP contribution is -2.13. The number of rotatable bonds is 9. The minimum absolute atomic E-state index is 0.0344. The molecule has 0 heterocycles. The summed E-state index contributed by atoms with van der Waals surface area (Å²) >= 11 is 0. The van der Waals surface area contributed by atoms with Gasteiger partial charge in [-0.15, -0.1) is 0 Å². The summed E-state index contributed by atoms with van der Waals surface area (Å²) in [4.78, 5) is -0.209. The van der Waals surface area contributed by atoms with Crippen LogP contribution in [-0.2, 0) is 10.0 Å². The van der Waals surface area contributed by atoms with Crippen molar-refractivity contribution in [1.29, 1.82) is 0 Å². The molecule has 0 unspecified atom stereocenters. The number of nitrogens with one attached hydrogen (secondary N) is 1. The Balaban J connectivity index is 1.84. The Labute approximate surface area is 192 Å². The number of ether oxygens (including phenoxy) is 4. The van der Waals surface area contributed by atoms with Gasteiger partial charge in [0.15, 0.2) is 23.1 Å². The third-order valence-electron chi connectivity index (χ3n) is 4.73. The van der Waals surface area contributed by atoms with Crippen molar-refractivity contribution in [2.75, 3.05) is 33.2 Å². The van der Waals surface area contributed by atoms with Crippen molar-refractivity contribution in [3.05, 3.63) is 71.5 Å². The number of hydrogen-bond donors (Lipinski definition) is 1. The topological polar surface area (TPSA) is 83.1 Å². The van der Waals surface area contributed by atoms with Gasteiger partial charge in [0.2, 0.25) is 5.75 Å². The summed E-state index contributed by atoms with van der Waals surface area (Å²) in [6.07, 6.45) is 3.64. The molecule has 7 nitrogen and oxygen atoms in total. The molecule has 0 saturated carbocycles. The average Bonchev–Trinajstić information content (AvgIpc) is 2.81. The number of hydrogen-bond acceptors (Lipinski definition) is 6. The summed E-state index contributed by atoms with van der Waals surface area (Å²) in [5.41, 5.74) is 1.87. The van der Waals surface area contributed by atoms with E-state index in [1.807, 2.05) is 18.2 Å². The van der Waals surface area contributed by atoms with Crippen LogP contribution in [0.3, 0.4) is 0 Å². The summed E-state index contributed by atoms with van der Waals surface area (Å²) in [7, 11) is 1.92. The molecule has 0 amide bonds. The minimum Gasteiger partial charge on any atom is -0.494 e. The zero-order chi connectivity index (χ0) is 24.0. The monoisotopic (exact) mass is 473 g/mol. The molecule has 0 saturated heterocycles. The van der Waals surface area contributed by atoms with E-state index in [1.165, 1.54) is 40.6 Å². The van der Waals surface area contributed by atoms with Crippen LogP contribution in [0.1, 0.15) is 11.1 Å². The van der Waals surface area contributed by atoms with Crippen molar-refractivity contribution >= 4 is 27.9 Å². The van der Waals surface area contributed by atoms with Gasteiger partial charge in [0, 0.05) is 5.69 Å². The molecule has 0 aromatic heterocycles. The molecule has 33 heavy (non-hydrogen) atoms. The van der Waals surface area contributed by atoms with Gasteiger partial charge in [0.05, 0.1) is 33.3 Å². The summed E-state index contributed by atoms with van der Waals surface area (Å²) in [5.74, 6) is 0.730. The van der Waals surface area contributed by atoms with Gasteiger partial charge in [-0.1, -0.05) is 24.3 Å². The maximum atomic E-state index is 13.9. The van der Waals surface area contributed by atoms with Crippen molar-refractivity contribution in [3.63, 3.8) is 0 Å². The largest absolute Gasteiger partial charge is 0.494 e. The quantitative estimate of drug-likeness (QED) is 0.448. The van der Waals surface area contributed by atoms with Crippen molar-refractivity contribution < 1.29 is 31.8 Å². The highest BCUT2D eigenvalue weighted by Gasteiger charge is 2.17. The average molecular weight is 474 g/mol. The highest BCUT2D eigenvalue weighted by atomic mass is 32.2. The van der Waals surface area contributed by atoms with Crippen LogP contribution in [-0.4, -0.2) is 36.9 Å². The first-order chi connectivity index (χ1) is 15.8. The number of methoxy groups -OCH3 is 4. The lowest BCUT2D eigenvalue weighted by atomic mass is 10.1. The van der Waals surface area contributed by atoms with Crippen LogP contribution < -0.4 is 23.7 Å². The molecule has 0 atom stereocenters. The molecule has 0 aliphatic heterocycles. The zero-order valence-corrected chi connectivity index (χ0v) is 19.4. The zero-order valence-electron chi connectivity index (χ0n) is 18.6. The molecule has 3 aromatic carbocycles. The lowest BCUT2D eigenvalue weighted by molar-refractivity contribution is 0.324. The van der Waals surface area contributed by atoms with Gasteiger partial charge in [0.1, 0.15) is 0 Å². The SMILES string of the molecule is COc1ccc(S(=O)(=O)Nc2cccc(/C=C\c3cc(OC)c(OC)c(OC)c3)c2)cc1F. The fourth-order valence-electron chi connectivity index (χ4n) is 3.12. The minimum atomic E-state index is -3.99. The van der Waals surface area contributed by atoms with E-state index in [2.05, 4.69) is 4.72 Å². The Morgan fingerprint density at radius 1 is 0.758 bits per heavy atom. The van der Waals surface area contributed by atoms with Gasteiger partial charge in [-0.2, -0.15) is 0 Å². The lowest BCUT2D eigenvalue weighted by Gasteiger charge is -2.13. The van der Waals surface area contributed by atoms with Crippen LogP contribution in [0, 0.1) is 5.82 Å². The van der Waals surface area contributed by atoms with Gasteiger partial charge in [-0.05, 0) is 53.6 Å². The number of sulfonamides is 1. The molecule has 3 aromatic rings. The molecular weight excluding hydrogens is 449 g/mol. The van der Waals surface area contributed by atoms with E-state index >= 15 is 0 Å². The Hall–Kier alpha value is -3.72. The second-order valence-corrected chi connectivity index (χ2v) is 8.50. The summed E-state index contributed by atoms with van der Waals surface area (Å²) < 4.78 is 62.6. The highest BCUT2D eigenvalue weighted by molar-refractivity contribution is 7.92. The van der Waals surface area contributed by atoms with Crippen LogP contribution in [0.15, 0.2) is 59.5 Å². The van der Waals surface area contributed by atoms with E-state index in [0.29, 0.717) is 22.9 Å². The second-order valence-electron chi connectivity index (χ2n) is 6.82. The van der Waals surface area contributed by atoms with Crippen molar-refractivity contribution in [1.82, 2.24) is 0 Å². The molecule has 0 bridgehead atoms. The van der Waals surface area contributed by atoms with E-state index in [4.69, 9.17) is 18.9 Å². The van der Waals surface area contributed by atoms with E-state index in [0.717, 1.165) is 17.2 Å². The smallest absolute Gasteiger partial charge is 0.262 e. The number of anilines is 1. The third kappa shape index (κ3) is 5.56. The fraction of sp³-hybridized carbons (Fsp3) is 0.167. The highest BCUT2D eigenvalue weighted by Crippen LogP contribution is 2.38. The van der Waals surface area contributed by atoms with Crippen LogP contribution in [0.5, 0.6) is 23.0 Å².